The SMILES string of the molecule is CN(CC(N)=O)C(=O)CNC(=O)OCc1ccccc1. The molecule has 0 aliphatic heterocycles. The highest BCUT2D eigenvalue weighted by Crippen LogP contribution is 2.00. The number of hydrogen-bond donors (Lipinski definition) is 2. The number of likely N-dealkylation sites (N-methyl/N-ethyl adjacent to an activating group) is 1. The quantitative estimate of drug-likeness (QED) is 0.756. The van der Waals surface area contributed by atoms with E-state index in [1.165, 1.54) is 7.05 Å². The van der Waals surface area contributed by atoms with Crippen LogP contribution >= 0.6 is 0 Å². The molecule has 20 heavy (non-hydrogen) atoms. The Balaban J connectivity index is 2.26. The lowest BCUT2D eigenvalue weighted by molar-refractivity contribution is -0.132. The van der Waals surface area contributed by atoms with Crippen molar-refractivity contribution >= 4 is 17.9 Å². The maximum Gasteiger partial charge on any atom is 0.407 e. The van der Waals surface area contributed by atoms with Gasteiger partial charge in [-0.15, -0.1) is 0 Å². The number of alkyl carbamates (subject to hydrolysis) is 1. The third kappa shape index (κ3) is 5.85. The second-order valence-corrected chi connectivity index (χ2v) is 4.13. The zero-order valence-corrected chi connectivity index (χ0v) is 11.2. The van der Waals surface area contributed by atoms with Crippen LogP contribution in [0.3, 0.4) is 0 Å². The summed E-state index contributed by atoms with van der Waals surface area (Å²) >= 11 is 0. The van der Waals surface area contributed by atoms with E-state index in [2.05, 4.69) is 5.32 Å². The molecule has 1 aromatic rings. The fraction of sp³-hybridized carbons (Fsp3) is 0.308. The first-order valence-corrected chi connectivity index (χ1v) is 5.96. The van der Waals surface area contributed by atoms with E-state index < -0.39 is 17.9 Å². The van der Waals surface area contributed by atoms with Crippen LogP contribution in [0.1, 0.15) is 5.56 Å². The largest absolute Gasteiger partial charge is 0.445 e. The number of ether oxygens (including phenoxy) is 1. The van der Waals surface area contributed by atoms with Gasteiger partial charge in [-0.3, -0.25) is 9.59 Å². The molecule has 1 aromatic carbocycles. The number of nitrogens with two attached hydrogens (primary N) is 1. The molecule has 3 N–H and O–H groups in total. The van der Waals surface area contributed by atoms with Crippen molar-refractivity contribution in [2.24, 2.45) is 5.73 Å². The second kappa shape index (κ2) is 7.78. The first kappa shape index (κ1) is 15.5. The number of amides is 3. The Hall–Kier alpha value is -2.57. The number of hydrogen-bond acceptors (Lipinski definition) is 4. The van der Waals surface area contributed by atoms with Crippen LogP contribution in [-0.2, 0) is 20.9 Å². The molecule has 0 unspecified atom stereocenters. The van der Waals surface area contributed by atoms with Gasteiger partial charge in [-0.25, -0.2) is 4.79 Å². The molecule has 7 nitrogen and oxygen atoms in total. The fourth-order valence-corrected chi connectivity index (χ4v) is 1.38. The van der Waals surface area contributed by atoms with Crippen LogP contribution in [0, 0.1) is 0 Å². The molecule has 3 amide bonds. The van der Waals surface area contributed by atoms with E-state index in [9.17, 15) is 14.4 Å². The van der Waals surface area contributed by atoms with E-state index >= 15 is 0 Å². The molecule has 0 aromatic heterocycles. The second-order valence-electron chi connectivity index (χ2n) is 4.13. The Morgan fingerprint density at radius 1 is 1.25 bits per heavy atom. The fourth-order valence-electron chi connectivity index (χ4n) is 1.38. The Labute approximate surface area is 116 Å². The van der Waals surface area contributed by atoms with E-state index in [1.54, 1.807) is 0 Å². The molecule has 0 heterocycles. The van der Waals surface area contributed by atoms with Crippen LogP contribution in [0.25, 0.3) is 0 Å². The smallest absolute Gasteiger partial charge is 0.407 e. The molecular formula is C13H17N3O4. The third-order valence-corrected chi connectivity index (χ3v) is 2.42. The normalized spacial score (nSPS) is 9.65. The van der Waals surface area contributed by atoms with Crippen molar-refractivity contribution in [3.8, 4) is 0 Å². The van der Waals surface area contributed by atoms with Crippen molar-refractivity contribution in [2.45, 2.75) is 6.61 Å². The number of carbonyl (C=O) groups is 3. The van der Waals surface area contributed by atoms with Gasteiger partial charge >= 0.3 is 6.09 Å². The molecule has 1 rings (SSSR count). The van der Waals surface area contributed by atoms with Crippen molar-refractivity contribution < 1.29 is 19.1 Å². The van der Waals surface area contributed by atoms with Crippen LogP contribution < -0.4 is 11.1 Å². The average Bonchev–Trinajstić information content (AvgIpc) is 2.42. The highest BCUT2D eigenvalue weighted by molar-refractivity contribution is 5.86. The monoisotopic (exact) mass is 279 g/mol. The first-order chi connectivity index (χ1) is 9.49. The molecule has 0 aliphatic carbocycles. The number of carbonyl (C=O) groups excluding carboxylic acids is 3. The molecule has 0 spiro atoms. The summed E-state index contributed by atoms with van der Waals surface area (Å²) in [6.07, 6.45) is -0.699. The lowest BCUT2D eigenvalue weighted by Crippen LogP contribution is -2.41. The van der Waals surface area contributed by atoms with Gasteiger partial charge in [0.2, 0.25) is 11.8 Å². The molecule has 0 saturated heterocycles. The predicted octanol–water partition coefficient (Wildman–Crippen LogP) is -0.143. The Morgan fingerprint density at radius 3 is 2.50 bits per heavy atom. The highest BCUT2D eigenvalue weighted by atomic mass is 16.5. The van der Waals surface area contributed by atoms with Gasteiger partial charge in [-0.2, -0.15) is 0 Å². The van der Waals surface area contributed by atoms with Gasteiger partial charge < -0.3 is 20.7 Å². The minimum atomic E-state index is -0.699. The molecule has 0 saturated carbocycles. The van der Waals surface area contributed by atoms with Gasteiger partial charge in [0.15, 0.2) is 0 Å². The van der Waals surface area contributed by atoms with Crippen LogP contribution in [0.4, 0.5) is 4.79 Å². The van der Waals surface area contributed by atoms with Crippen molar-refractivity contribution in [3.63, 3.8) is 0 Å². The van der Waals surface area contributed by atoms with Crippen LogP contribution in [0.2, 0.25) is 0 Å². The Morgan fingerprint density at radius 2 is 1.90 bits per heavy atom. The maximum atomic E-state index is 11.5. The molecule has 0 aliphatic rings. The van der Waals surface area contributed by atoms with Gasteiger partial charge in [0, 0.05) is 7.05 Å². The van der Waals surface area contributed by atoms with Crippen molar-refractivity contribution in [2.75, 3.05) is 20.1 Å². The third-order valence-electron chi connectivity index (χ3n) is 2.42. The molecule has 7 heteroatoms. The van der Waals surface area contributed by atoms with Gasteiger partial charge in [0.25, 0.3) is 0 Å². The number of nitrogens with one attached hydrogen (secondary N) is 1. The van der Waals surface area contributed by atoms with E-state index in [0.29, 0.717) is 0 Å². The number of primary amides is 1. The van der Waals surface area contributed by atoms with E-state index in [-0.39, 0.29) is 19.7 Å². The zero-order valence-electron chi connectivity index (χ0n) is 11.2. The Kier molecular flexibility index (Phi) is 6.02. The minimum Gasteiger partial charge on any atom is -0.445 e. The molecule has 0 fully saturated rings. The number of nitrogens with zero attached hydrogens (tertiary/aromatic N) is 1. The average molecular weight is 279 g/mol. The standard InChI is InChI=1S/C13H17N3O4/c1-16(8-11(14)17)12(18)7-15-13(19)20-9-10-5-3-2-4-6-10/h2-6H,7-9H2,1H3,(H2,14,17)(H,15,19). The Bertz CT molecular complexity index is 476. The van der Waals surface area contributed by atoms with Crippen molar-refractivity contribution in [3.05, 3.63) is 35.9 Å². The summed E-state index contributed by atoms with van der Waals surface area (Å²) in [5.74, 6) is -1.05. The van der Waals surface area contributed by atoms with Crippen molar-refractivity contribution in [1.82, 2.24) is 10.2 Å². The van der Waals surface area contributed by atoms with Crippen LogP contribution in [-0.4, -0.2) is 42.9 Å². The predicted molar refractivity (Wildman–Crippen MR) is 71.5 cm³/mol. The minimum absolute atomic E-state index is 0.123. The molecule has 0 bridgehead atoms. The van der Waals surface area contributed by atoms with E-state index in [4.69, 9.17) is 10.5 Å². The lowest BCUT2D eigenvalue weighted by atomic mass is 10.2. The summed E-state index contributed by atoms with van der Waals surface area (Å²) in [6, 6.07) is 9.16. The topological polar surface area (TPSA) is 102 Å². The highest BCUT2D eigenvalue weighted by Gasteiger charge is 2.12. The zero-order chi connectivity index (χ0) is 15.0. The van der Waals surface area contributed by atoms with E-state index in [0.717, 1.165) is 10.5 Å². The van der Waals surface area contributed by atoms with Crippen LogP contribution in [0.5, 0.6) is 0 Å². The van der Waals surface area contributed by atoms with Crippen LogP contribution in [0.15, 0.2) is 30.3 Å². The summed E-state index contributed by atoms with van der Waals surface area (Å²) in [6.45, 7) is -0.324. The molecule has 108 valence electrons. The van der Waals surface area contributed by atoms with Crippen molar-refractivity contribution in [1.29, 1.82) is 0 Å². The first-order valence-electron chi connectivity index (χ1n) is 5.96. The van der Waals surface area contributed by atoms with Gasteiger partial charge in [0.1, 0.15) is 13.2 Å². The maximum absolute atomic E-state index is 11.5. The molecular weight excluding hydrogens is 262 g/mol. The van der Waals surface area contributed by atoms with Gasteiger partial charge in [-0.05, 0) is 5.56 Å². The summed E-state index contributed by atoms with van der Waals surface area (Å²) in [4.78, 5) is 34.6. The lowest BCUT2D eigenvalue weighted by Gasteiger charge is -2.15. The summed E-state index contributed by atoms with van der Waals surface area (Å²) in [7, 11) is 1.42. The van der Waals surface area contributed by atoms with Gasteiger partial charge in [-0.1, -0.05) is 30.3 Å². The summed E-state index contributed by atoms with van der Waals surface area (Å²) in [5.41, 5.74) is 5.80. The summed E-state index contributed by atoms with van der Waals surface area (Å²) in [5, 5.41) is 2.30. The molecule has 0 atom stereocenters. The molecule has 0 radical (unpaired) electrons. The number of rotatable bonds is 6. The van der Waals surface area contributed by atoms with E-state index in [1.807, 2.05) is 30.3 Å². The summed E-state index contributed by atoms with van der Waals surface area (Å²) < 4.78 is 4.93. The van der Waals surface area contributed by atoms with Gasteiger partial charge in [0.05, 0.1) is 6.54 Å². The number of benzene rings is 1.